The molecule has 4 aromatic rings. The maximum atomic E-state index is 13.7. The third-order valence-electron chi connectivity index (χ3n) is 5.89. The van der Waals surface area contributed by atoms with Crippen molar-refractivity contribution in [3.8, 4) is 28.8 Å². The quantitative estimate of drug-likeness (QED) is 0.345. The van der Waals surface area contributed by atoms with Crippen molar-refractivity contribution in [3.63, 3.8) is 0 Å². The van der Waals surface area contributed by atoms with Crippen LogP contribution in [0.5, 0.6) is 11.5 Å². The van der Waals surface area contributed by atoms with E-state index in [-0.39, 0.29) is 30.7 Å². The van der Waals surface area contributed by atoms with Gasteiger partial charge < -0.3 is 18.6 Å². The van der Waals surface area contributed by atoms with Crippen LogP contribution in [0.4, 0.5) is 4.39 Å². The normalized spacial score (nSPS) is 17.9. The van der Waals surface area contributed by atoms with Crippen molar-refractivity contribution in [2.75, 3.05) is 27.4 Å². The standard InChI is InChI=1S/C23H22FN5O6S/c1-32-16-5-3-6-17(33-2)21(16)29-20(27-28-23(29)18-7-4-8-35-18)13-36(30,31)19-12-34-11-15(19)22-25-9-14(24)10-26-22/h3-10,15,19H,11-13H2,1-2H3/t15-,19-/m1/s1. The first-order chi connectivity index (χ1) is 17.4. The Morgan fingerprint density at radius 3 is 2.42 bits per heavy atom. The fourth-order valence-electron chi connectivity index (χ4n) is 4.19. The van der Waals surface area contributed by atoms with Crippen LogP contribution in [0.25, 0.3) is 17.3 Å². The molecule has 0 N–H and O–H groups in total. The predicted octanol–water partition coefficient (Wildman–Crippen LogP) is 2.57. The molecule has 1 aliphatic heterocycles. The SMILES string of the molecule is COc1cccc(OC)c1-n1c(CS(=O)(=O)[C@@H]2COC[C@H]2c2ncc(F)cn2)nnc1-c1ccco1. The molecule has 188 valence electrons. The maximum absolute atomic E-state index is 13.7. The highest BCUT2D eigenvalue weighted by Gasteiger charge is 2.42. The zero-order valence-corrected chi connectivity index (χ0v) is 20.2. The Morgan fingerprint density at radius 1 is 1.06 bits per heavy atom. The first-order valence-corrected chi connectivity index (χ1v) is 12.6. The van der Waals surface area contributed by atoms with Gasteiger partial charge in [-0.1, -0.05) is 6.07 Å². The molecule has 1 fully saturated rings. The predicted molar refractivity (Wildman–Crippen MR) is 124 cm³/mol. The lowest BCUT2D eigenvalue weighted by atomic mass is 10.1. The summed E-state index contributed by atoms with van der Waals surface area (Å²) in [4.78, 5) is 7.94. The molecular formula is C23H22FN5O6S. The average molecular weight is 516 g/mol. The summed E-state index contributed by atoms with van der Waals surface area (Å²) in [5.74, 6) is 0.0631. The summed E-state index contributed by atoms with van der Waals surface area (Å²) in [7, 11) is -0.890. The topological polar surface area (TPSA) is 131 Å². The molecule has 11 nitrogen and oxygen atoms in total. The van der Waals surface area contributed by atoms with Gasteiger partial charge in [-0.3, -0.25) is 4.57 Å². The number of para-hydroxylation sites is 1. The number of hydrogen-bond donors (Lipinski definition) is 0. The van der Waals surface area contributed by atoms with Gasteiger partial charge in [0.05, 0.1) is 57.3 Å². The summed E-state index contributed by atoms with van der Waals surface area (Å²) in [6.07, 6.45) is 3.49. The van der Waals surface area contributed by atoms with E-state index in [1.807, 2.05) is 0 Å². The lowest BCUT2D eigenvalue weighted by Gasteiger charge is -2.19. The molecule has 2 atom stereocenters. The first-order valence-electron chi connectivity index (χ1n) is 10.9. The molecule has 1 aromatic carbocycles. The molecule has 5 rings (SSSR count). The van der Waals surface area contributed by atoms with Gasteiger partial charge in [0.15, 0.2) is 27.2 Å². The van der Waals surface area contributed by atoms with Crippen LogP contribution in [0, 0.1) is 5.82 Å². The number of methoxy groups -OCH3 is 2. The van der Waals surface area contributed by atoms with E-state index >= 15 is 0 Å². The van der Waals surface area contributed by atoms with Crippen LogP contribution >= 0.6 is 0 Å². The molecule has 1 aliphatic rings. The summed E-state index contributed by atoms with van der Waals surface area (Å²) in [5.41, 5.74) is 0.421. The molecule has 0 saturated carbocycles. The Morgan fingerprint density at radius 2 is 1.78 bits per heavy atom. The van der Waals surface area contributed by atoms with Crippen LogP contribution in [-0.4, -0.2) is 65.8 Å². The van der Waals surface area contributed by atoms with E-state index in [2.05, 4.69) is 20.2 Å². The smallest absolute Gasteiger partial charge is 0.204 e. The van der Waals surface area contributed by atoms with E-state index in [4.69, 9.17) is 18.6 Å². The van der Waals surface area contributed by atoms with Crippen LogP contribution in [0.2, 0.25) is 0 Å². The van der Waals surface area contributed by atoms with Crippen molar-refractivity contribution >= 4 is 9.84 Å². The van der Waals surface area contributed by atoms with Gasteiger partial charge in [-0.05, 0) is 24.3 Å². The summed E-state index contributed by atoms with van der Waals surface area (Å²) < 4.78 is 64.3. The van der Waals surface area contributed by atoms with Crippen LogP contribution < -0.4 is 9.47 Å². The third-order valence-corrected chi connectivity index (χ3v) is 7.94. The minimum absolute atomic E-state index is 0.0507. The van der Waals surface area contributed by atoms with Crippen molar-refractivity contribution in [3.05, 3.63) is 66.5 Å². The molecule has 0 amide bonds. The fourth-order valence-corrected chi connectivity index (χ4v) is 5.96. The van der Waals surface area contributed by atoms with E-state index in [0.29, 0.717) is 22.9 Å². The van der Waals surface area contributed by atoms with Crippen molar-refractivity contribution in [1.29, 1.82) is 0 Å². The number of nitrogens with zero attached hydrogens (tertiary/aromatic N) is 5. The van der Waals surface area contributed by atoms with Crippen LogP contribution in [0.15, 0.2) is 53.4 Å². The summed E-state index contributed by atoms with van der Waals surface area (Å²) in [5, 5.41) is 7.48. The number of sulfone groups is 1. The number of rotatable bonds is 8. The van der Waals surface area contributed by atoms with Gasteiger partial charge in [-0.25, -0.2) is 22.8 Å². The molecule has 4 heterocycles. The Labute approximate surface area is 205 Å². The number of halogens is 1. The van der Waals surface area contributed by atoms with E-state index in [0.717, 1.165) is 12.4 Å². The average Bonchev–Trinajstić information content (AvgIpc) is 3.65. The molecule has 13 heteroatoms. The molecule has 36 heavy (non-hydrogen) atoms. The highest BCUT2D eigenvalue weighted by atomic mass is 32.2. The number of furan rings is 1. The second-order valence-corrected chi connectivity index (χ2v) is 10.2. The molecule has 0 unspecified atom stereocenters. The number of aromatic nitrogens is 5. The van der Waals surface area contributed by atoms with Gasteiger partial charge in [-0.15, -0.1) is 10.2 Å². The minimum atomic E-state index is -3.88. The maximum Gasteiger partial charge on any atom is 0.204 e. The molecule has 0 radical (unpaired) electrons. The molecule has 0 spiro atoms. The molecule has 1 saturated heterocycles. The van der Waals surface area contributed by atoms with Gasteiger partial charge in [0.1, 0.15) is 28.8 Å². The summed E-state index contributed by atoms with van der Waals surface area (Å²) >= 11 is 0. The second kappa shape index (κ2) is 9.66. The van der Waals surface area contributed by atoms with E-state index in [1.54, 1.807) is 34.9 Å². The first kappa shape index (κ1) is 23.9. The zero-order valence-electron chi connectivity index (χ0n) is 19.4. The Bertz CT molecular complexity index is 1430. The summed E-state index contributed by atoms with van der Waals surface area (Å²) in [6.45, 7) is 0.0467. The largest absolute Gasteiger partial charge is 0.494 e. The lowest BCUT2D eigenvalue weighted by molar-refractivity contribution is 0.193. The van der Waals surface area contributed by atoms with E-state index in [1.165, 1.54) is 20.5 Å². The third kappa shape index (κ3) is 4.31. The molecule has 0 aliphatic carbocycles. The number of ether oxygens (including phenoxy) is 3. The molecule has 0 bridgehead atoms. The molecular weight excluding hydrogens is 493 g/mol. The van der Waals surface area contributed by atoms with Crippen LogP contribution in [0.3, 0.4) is 0 Å². The van der Waals surface area contributed by atoms with Gasteiger partial charge in [0.2, 0.25) is 5.82 Å². The Hall–Kier alpha value is -3.84. The highest BCUT2D eigenvalue weighted by Crippen LogP contribution is 2.37. The second-order valence-electron chi connectivity index (χ2n) is 8.01. The molecule has 3 aromatic heterocycles. The van der Waals surface area contributed by atoms with Gasteiger partial charge in [0.25, 0.3) is 0 Å². The van der Waals surface area contributed by atoms with E-state index < -0.39 is 32.6 Å². The Kier molecular flexibility index (Phi) is 6.41. The number of benzene rings is 1. The van der Waals surface area contributed by atoms with Crippen molar-refractivity contribution in [2.45, 2.75) is 16.9 Å². The Balaban J connectivity index is 1.59. The minimum Gasteiger partial charge on any atom is -0.494 e. The van der Waals surface area contributed by atoms with Gasteiger partial charge >= 0.3 is 0 Å². The van der Waals surface area contributed by atoms with Crippen molar-refractivity contribution in [1.82, 2.24) is 24.7 Å². The monoisotopic (exact) mass is 515 g/mol. The van der Waals surface area contributed by atoms with Crippen molar-refractivity contribution in [2.24, 2.45) is 0 Å². The lowest BCUT2D eigenvalue weighted by Crippen LogP contribution is -2.30. The summed E-state index contributed by atoms with van der Waals surface area (Å²) in [6, 6.07) is 8.56. The number of hydrogen-bond acceptors (Lipinski definition) is 10. The van der Waals surface area contributed by atoms with Gasteiger partial charge in [0, 0.05) is 0 Å². The van der Waals surface area contributed by atoms with Crippen LogP contribution in [-0.2, 0) is 20.3 Å². The van der Waals surface area contributed by atoms with E-state index in [9.17, 15) is 12.8 Å². The fraction of sp³-hybridized carbons (Fsp3) is 0.304. The van der Waals surface area contributed by atoms with Gasteiger partial charge in [-0.2, -0.15) is 0 Å². The van der Waals surface area contributed by atoms with Crippen molar-refractivity contribution < 1.29 is 31.4 Å². The zero-order chi connectivity index (χ0) is 25.3. The van der Waals surface area contributed by atoms with Crippen LogP contribution in [0.1, 0.15) is 17.6 Å². The highest BCUT2D eigenvalue weighted by molar-refractivity contribution is 7.91.